The maximum Gasteiger partial charge on any atom is 0.407 e. The van der Waals surface area contributed by atoms with Crippen LogP contribution >= 0.6 is 0 Å². The Balaban J connectivity index is 0.929. The fraction of sp³-hybridized carbons (Fsp3) is 0.362. The first-order chi connectivity index (χ1) is 32.1. The lowest BCUT2D eigenvalue weighted by molar-refractivity contribution is -0.271. The van der Waals surface area contributed by atoms with Crippen LogP contribution < -0.4 is 20.7 Å². The number of aryl methyl sites for hydroxylation is 1. The number of hydrogen-bond donors (Lipinski definition) is 7. The van der Waals surface area contributed by atoms with Crippen molar-refractivity contribution in [2.75, 3.05) is 18.4 Å². The van der Waals surface area contributed by atoms with Gasteiger partial charge in [-0.2, -0.15) is 0 Å². The third kappa shape index (κ3) is 11.8. The van der Waals surface area contributed by atoms with Gasteiger partial charge in [0.1, 0.15) is 30.7 Å². The lowest BCUT2D eigenvalue weighted by Gasteiger charge is -2.38. The van der Waals surface area contributed by atoms with Gasteiger partial charge in [-0.3, -0.25) is 33.9 Å². The fourth-order valence-corrected chi connectivity index (χ4v) is 7.80. The topological polar surface area (TPSA) is 283 Å². The summed E-state index contributed by atoms with van der Waals surface area (Å²) in [6, 6.07) is 17.0. The van der Waals surface area contributed by atoms with E-state index in [1.165, 1.54) is 30.4 Å². The molecule has 1 fully saturated rings. The van der Waals surface area contributed by atoms with Crippen LogP contribution in [0.5, 0.6) is 5.75 Å². The number of nitrogens with zero attached hydrogens (tertiary/aromatic N) is 3. The summed E-state index contributed by atoms with van der Waals surface area (Å²) in [5.74, 6) is -3.55. The molecule has 352 valence electrons. The van der Waals surface area contributed by atoms with E-state index in [2.05, 4.69) is 20.9 Å². The summed E-state index contributed by atoms with van der Waals surface area (Å²) >= 11 is 0. The second-order valence-corrected chi connectivity index (χ2v) is 16.4. The fourth-order valence-electron chi connectivity index (χ4n) is 7.80. The van der Waals surface area contributed by atoms with Gasteiger partial charge in [-0.1, -0.05) is 36.8 Å². The Labute approximate surface area is 383 Å². The molecule has 0 aromatic heterocycles. The van der Waals surface area contributed by atoms with Crippen molar-refractivity contribution >= 4 is 64.8 Å². The predicted octanol–water partition coefficient (Wildman–Crippen LogP) is 2.59. The van der Waals surface area contributed by atoms with Gasteiger partial charge in [0.15, 0.2) is 6.10 Å². The summed E-state index contributed by atoms with van der Waals surface area (Å²) in [7, 11) is 0. The smallest absolute Gasteiger partial charge is 0.407 e. The van der Waals surface area contributed by atoms with E-state index < -0.39 is 48.7 Å². The number of ether oxygens (including phenoxy) is 3. The van der Waals surface area contributed by atoms with Gasteiger partial charge in [-0.05, 0) is 77.9 Å². The summed E-state index contributed by atoms with van der Waals surface area (Å²) in [5, 5.41) is 48.5. The third-order valence-corrected chi connectivity index (χ3v) is 11.4. The number of aliphatic carboxylic acids is 1. The highest BCUT2D eigenvalue weighted by atomic mass is 16.7. The van der Waals surface area contributed by atoms with E-state index >= 15 is 0 Å². The summed E-state index contributed by atoms with van der Waals surface area (Å²) in [6.07, 6.45) is -2.21. The molecule has 20 heteroatoms. The Morgan fingerprint density at radius 1 is 0.851 bits per heavy atom. The zero-order chi connectivity index (χ0) is 47.8. The summed E-state index contributed by atoms with van der Waals surface area (Å²) < 4.78 is 16.5. The highest BCUT2D eigenvalue weighted by molar-refractivity contribution is 6.12. The molecule has 4 aliphatic heterocycles. The second kappa shape index (κ2) is 21.4. The molecule has 2 unspecified atom stereocenters. The Bertz CT molecular complexity index is 2510. The van der Waals surface area contributed by atoms with Crippen LogP contribution in [0, 0.1) is 6.92 Å². The van der Waals surface area contributed by atoms with Crippen LogP contribution in [0.3, 0.4) is 0 Å². The number of carboxylic acid groups (broad SMARTS) is 1. The highest BCUT2D eigenvalue weighted by Crippen LogP contribution is 2.35. The number of carboxylic acids is 1. The number of hydrogen-bond acceptors (Lipinski definition) is 14. The average Bonchev–Trinajstić information content (AvgIpc) is 3.85. The zero-order valence-electron chi connectivity index (χ0n) is 36.3. The zero-order valence-corrected chi connectivity index (χ0v) is 36.3. The lowest BCUT2D eigenvalue weighted by atomic mass is 9.99. The predicted molar refractivity (Wildman–Crippen MR) is 237 cm³/mol. The number of unbranched alkanes of at least 4 members (excludes halogenated alkanes) is 2. The number of aliphatic imine (C=N–C) groups is 1. The van der Waals surface area contributed by atoms with Crippen molar-refractivity contribution in [3.8, 4) is 5.75 Å². The maximum absolute atomic E-state index is 13.4. The molecule has 3 aromatic carbocycles. The van der Waals surface area contributed by atoms with E-state index in [0.717, 1.165) is 27.2 Å². The van der Waals surface area contributed by atoms with Crippen molar-refractivity contribution in [1.82, 2.24) is 20.4 Å². The van der Waals surface area contributed by atoms with Crippen molar-refractivity contribution in [3.63, 3.8) is 0 Å². The Kier molecular flexibility index (Phi) is 15.2. The number of imide groups is 1. The highest BCUT2D eigenvalue weighted by Gasteiger charge is 2.48. The van der Waals surface area contributed by atoms with E-state index in [9.17, 15) is 54.0 Å². The first-order valence-electron chi connectivity index (χ1n) is 21.7. The van der Waals surface area contributed by atoms with E-state index in [4.69, 9.17) is 14.2 Å². The molecule has 67 heavy (non-hydrogen) atoms. The maximum atomic E-state index is 13.4. The average molecular weight is 923 g/mol. The van der Waals surface area contributed by atoms with Crippen LogP contribution in [0.25, 0.3) is 5.57 Å². The standard InChI is InChI=1S/C47H50N6O14/c1-26-9-11-32-33(18-26)49-23-31-21-30(24-53(31)44(32)61)29-7-5-6-27(19-29)22-50-47(64)65-25-28-10-12-35(66-46-42(60)40(58)41(59)43(67-46)45(62)63)34(20-28)51-37(55)15-16-48-36(54)8-3-2-4-17-52-38(56)13-14-39(52)57/h5-7,9-14,18-20,23-24,31,40-43,46,58-60H,2-4,8,15-17,21-22,25H2,1H3,(H,48,54)(H,50,64)(H,51,55)(H,62,63)/t31-,40-,41-,42?,43?,46+/m0/s1. The third-order valence-electron chi connectivity index (χ3n) is 11.4. The molecule has 4 aliphatic rings. The molecule has 4 heterocycles. The molecule has 7 rings (SSSR count). The number of benzene rings is 3. The van der Waals surface area contributed by atoms with Crippen LogP contribution in [-0.4, -0.2) is 128 Å². The lowest BCUT2D eigenvalue weighted by Crippen LogP contribution is -2.61. The minimum Gasteiger partial charge on any atom is -0.479 e. The van der Waals surface area contributed by atoms with Gasteiger partial charge in [0.25, 0.3) is 17.7 Å². The largest absolute Gasteiger partial charge is 0.479 e. The van der Waals surface area contributed by atoms with Gasteiger partial charge in [-0.15, -0.1) is 0 Å². The summed E-state index contributed by atoms with van der Waals surface area (Å²) in [5.41, 5.74) is 5.09. The van der Waals surface area contributed by atoms with Crippen LogP contribution in [-0.2, 0) is 46.6 Å². The minimum absolute atomic E-state index is 0.0246. The monoisotopic (exact) mass is 922 g/mol. The number of alkyl carbamates (subject to hydrolysis) is 1. The van der Waals surface area contributed by atoms with Gasteiger partial charge in [-0.25, -0.2) is 9.59 Å². The van der Waals surface area contributed by atoms with E-state index in [1.54, 1.807) is 17.2 Å². The van der Waals surface area contributed by atoms with Crippen LogP contribution in [0.4, 0.5) is 16.2 Å². The van der Waals surface area contributed by atoms with Crippen molar-refractivity contribution in [1.29, 1.82) is 0 Å². The number of rotatable bonds is 18. The molecule has 0 saturated carbocycles. The van der Waals surface area contributed by atoms with Crippen LogP contribution in [0.15, 0.2) is 84.0 Å². The molecule has 0 aliphatic carbocycles. The Morgan fingerprint density at radius 2 is 1.64 bits per heavy atom. The van der Waals surface area contributed by atoms with Gasteiger partial charge in [0, 0.05) is 63.5 Å². The SMILES string of the molecule is Cc1ccc2c(c1)N=C[C@@H]1CC(c3cccc(CNC(=O)OCc4ccc(O[C@@H]5OC(C(=O)O)[C@@H](O)[C@H](O)C5O)c(NC(=O)CCNC(=O)CCCCCN5C(=O)C=CC5=O)c4)c3)=CN1C2=O. The minimum atomic E-state index is -1.97. The van der Waals surface area contributed by atoms with Gasteiger partial charge >= 0.3 is 12.1 Å². The molecule has 20 nitrogen and oxygen atoms in total. The van der Waals surface area contributed by atoms with E-state index in [-0.39, 0.29) is 80.2 Å². The molecule has 6 atom stereocenters. The molecular formula is C47H50N6O14. The van der Waals surface area contributed by atoms with Crippen molar-refractivity contribution in [3.05, 3.63) is 107 Å². The number of carbonyl (C=O) groups excluding carboxylic acids is 6. The first-order valence-corrected chi connectivity index (χ1v) is 21.7. The molecule has 6 amide bonds. The summed E-state index contributed by atoms with van der Waals surface area (Å²) in [6.45, 7) is 1.96. The second-order valence-electron chi connectivity index (χ2n) is 16.4. The van der Waals surface area contributed by atoms with Crippen molar-refractivity contribution in [2.24, 2.45) is 4.99 Å². The number of aliphatic hydroxyl groups is 3. The number of aliphatic hydroxyl groups excluding tert-OH is 3. The Morgan fingerprint density at radius 3 is 2.42 bits per heavy atom. The Hall–Kier alpha value is -7.26. The van der Waals surface area contributed by atoms with Gasteiger partial charge < -0.3 is 55.5 Å². The number of carbonyl (C=O) groups is 7. The quantitative estimate of drug-likeness (QED) is 0.0714. The van der Waals surface area contributed by atoms with Crippen LogP contribution in [0.1, 0.15) is 71.1 Å². The number of fused-ring (bicyclic) bond motifs is 2. The summed E-state index contributed by atoms with van der Waals surface area (Å²) in [4.78, 5) is 94.4. The van der Waals surface area contributed by atoms with Crippen LogP contribution in [0.2, 0.25) is 0 Å². The van der Waals surface area contributed by atoms with E-state index in [1.807, 2.05) is 49.5 Å². The number of anilines is 1. The number of nitrogens with one attached hydrogen (secondary N) is 3. The molecule has 7 N–H and O–H groups in total. The molecular weight excluding hydrogens is 873 g/mol. The van der Waals surface area contributed by atoms with Crippen molar-refractivity contribution < 1.29 is 68.2 Å². The van der Waals surface area contributed by atoms with Crippen molar-refractivity contribution in [2.45, 2.75) is 95.3 Å². The molecule has 0 radical (unpaired) electrons. The number of amides is 6. The molecule has 3 aromatic rings. The van der Waals surface area contributed by atoms with Gasteiger partial charge in [0.2, 0.25) is 18.1 Å². The molecule has 1 saturated heterocycles. The van der Waals surface area contributed by atoms with E-state index in [0.29, 0.717) is 42.5 Å². The van der Waals surface area contributed by atoms with Gasteiger partial charge in [0.05, 0.1) is 23.0 Å². The first kappa shape index (κ1) is 47.7. The molecule has 0 spiro atoms. The molecule has 0 bridgehead atoms. The normalized spacial score (nSPS) is 21.9.